The van der Waals surface area contributed by atoms with Crippen LogP contribution < -0.4 is 10.9 Å². The van der Waals surface area contributed by atoms with Crippen molar-refractivity contribution in [1.29, 1.82) is 0 Å². The molecule has 1 unspecified atom stereocenters. The van der Waals surface area contributed by atoms with Gasteiger partial charge < -0.3 is 9.88 Å². The van der Waals surface area contributed by atoms with Crippen molar-refractivity contribution in [1.82, 2.24) is 9.55 Å². The summed E-state index contributed by atoms with van der Waals surface area (Å²) in [7, 11) is 0. The van der Waals surface area contributed by atoms with Crippen LogP contribution in [0, 0.1) is 5.92 Å². The van der Waals surface area contributed by atoms with Crippen LogP contribution in [0.2, 0.25) is 0 Å². The highest BCUT2D eigenvalue weighted by molar-refractivity contribution is 5.31. The second kappa shape index (κ2) is 4.68. The molecule has 1 aliphatic rings. The Balaban J connectivity index is 2.04. The van der Waals surface area contributed by atoms with Crippen molar-refractivity contribution >= 4 is 5.82 Å². The van der Waals surface area contributed by atoms with E-state index < -0.39 is 0 Å². The monoisotopic (exact) mass is 221 g/mol. The first-order chi connectivity index (χ1) is 7.70. The maximum absolute atomic E-state index is 11.9. The van der Waals surface area contributed by atoms with Crippen molar-refractivity contribution in [3.05, 3.63) is 22.7 Å². The van der Waals surface area contributed by atoms with Gasteiger partial charge in [0, 0.05) is 25.0 Å². The summed E-state index contributed by atoms with van der Waals surface area (Å²) in [6.07, 6.45) is 7.22. The minimum absolute atomic E-state index is 0.0207. The van der Waals surface area contributed by atoms with E-state index in [9.17, 15) is 4.79 Å². The van der Waals surface area contributed by atoms with Crippen LogP contribution >= 0.6 is 0 Å². The molecule has 1 aromatic heterocycles. The Kier molecular flexibility index (Phi) is 3.27. The lowest BCUT2D eigenvalue weighted by molar-refractivity contribution is 0.634. The van der Waals surface area contributed by atoms with Crippen molar-refractivity contribution in [2.75, 3.05) is 5.32 Å². The predicted octanol–water partition coefficient (Wildman–Crippen LogP) is 1.86. The van der Waals surface area contributed by atoms with Gasteiger partial charge in [-0.2, -0.15) is 0 Å². The predicted molar refractivity (Wildman–Crippen MR) is 64.6 cm³/mol. The molecule has 1 heterocycles. The van der Waals surface area contributed by atoms with Crippen molar-refractivity contribution in [2.45, 2.75) is 45.7 Å². The first-order valence-electron chi connectivity index (χ1n) is 6.02. The number of hydrogen-bond donors (Lipinski definition) is 1. The zero-order valence-corrected chi connectivity index (χ0v) is 9.94. The molecule has 16 heavy (non-hydrogen) atoms. The SMILES string of the molecule is CCn1ccnc(NC(C)CC2CC2)c1=O. The van der Waals surface area contributed by atoms with Crippen molar-refractivity contribution in [2.24, 2.45) is 5.92 Å². The van der Waals surface area contributed by atoms with E-state index >= 15 is 0 Å². The van der Waals surface area contributed by atoms with Crippen LogP contribution in [0.4, 0.5) is 5.82 Å². The van der Waals surface area contributed by atoms with E-state index in [1.165, 1.54) is 12.8 Å². The van der Waals surface area contributed by atoms with Crippen LogP contribution in [0.15, 0.2) is 17.2 Å². The third kappa shape index (κ3) is 2.62. The van der Waals surface area contributed by atoms with Crippen LogP contribution in [-0.2, 0) is 6.54 Å². The molecule has 0 bridgehead atoms. The highest BCUT2D eigenvalue weighted by atomic mass is 16.1. The number of aromatic nitrogens is 2. The number of anilines is 1. The molecule has 1 saturated carbocycles. The Morgan fingerprint density at radius 3 is 3.00 bits per heavy atom. The molecule has 0 aliphatic heterocycles. The summed E-state index contributed by atoms with van der Waals surface area (Å²) in [6.45, 7) is 4.76. The van der Waals surface area contributed by atoms with Crippen molar-refractivity contribution < 1.29 is 0 Å². The van der Waals surface area contributed by atoms with Gasteiger partial charge in [0.2, 0.25) is 0 Å². The van der Waals surface area contributed by atoms with Crippen LogP contribution in [0.3, 0.4) is 0 Å². The number of hydrogen-bond acceptors (Lipinski definition) is 3. The maximum Gasteiger partial charge on any atom is 0.293 e. The van der Waals surface area contributed by atoms with Gasteiger partial charge in [0.25, 0.3) is 5.56 Å². The van der Waals surface area contributed by atoms with E-state index in [0.717, 1.165) is 12.3 Å². The highest BCUT2D eigenvalue weighted by Gasteiger charge is 2.23. The van der Waals surface area contributed by atoms with Gasteiger partial charge in [-0.3, -0.25) is 4.79 Å². The number of nitrogens with one attached hydrogen (secondary N) is 1. The summed E-state index contributed by atoms with van der Waals surface area (Å²) in [5.41, 5.74) is -0.0207. The molecular weight excluding hydrogens is 202 g/mol. The molecule has 0 radical (unpaired) electrons. The average molecular weight is 221 g/mol. The lowest BCUT2D eigenvalue weighted by Gasteiger charge is -2.14. The molecule has 0 spiro atoms. The summed E-state index contributed by atoms with van der Waals surface area (Å²) in [5.74, 6) is 1.34. The summed E-state index contributed by atoms with van der Waals surface area (Å²) in [4.78, 5) is 16.0. The molecule has 0 saturated heterocycles. The molecule has 88 valence electrons. The third-order valence-corrected chi connectivity index (χ3v) is 3.02. The lowest BCUT2D eigenvalue weighted by Crippen LogP contribution is -2.27. The second-order valence-corrected chi connectivity index (χ2v) is 4.59. The topological polar surface area (TPSA) is 46.9 Å². The number of nitrogens with zero attached hydrogens (tertiary/aromatic N) is 2. The molecule has 4 nitrogen and oxygen atoms in total. The van der Waals surface area contributed by atoms with Crippen LogP contribution in [0.1, 0.15) is 33.1 Å². The molecule has 4 heteroatoms. The summed E-state index contributed by atoms with van der Waals surface area (Å²) < 4.78 is 1.67. The second-order valence-electron chi connectivity index (χ2n) is 4.59. The molecule has 1 N–H and O–H groups in total. The standard InChI is InChI=1S/C12H19N3O/c1-3-15-7-6-13-11(12(15)16)14-9(2)8-10-4-5-10/h6-7,9-10H,3-5,8H2,1-2H3,(H,13,14). The van der Waals surface area contributed by atoms with E-state index in [1.807, 2.05) is 6.92 Å². The zero-order valence-electron chi connectivity index (χ0n) is 9.94. The largest absolute Gasteiger partial charge is 0.363 e. The van der Waals surface area contributed by atoms with Gasteiger partial charge in [-0.1, -0.05) is 12.8 Å². The molecule has 0 aromatic carbocycles. The molecule has 2 rings (SSSR count). The molecule has 1 atom stereocenters. The molecule has 1 aliphatic carbocycles. The number of rotatable bonds is 5. The van der Waals surface area contributed by atoms with E-state index in [0.29, 0.717) is 18.4 Å². The van der Waals surface area contributed by atoms with Gasteiger partial charge in [-0.05, 0) is 26.2 Å². The first-order valence-corrected chi connectivity index (χ1v) is 6.02. The smallest absolute Gasteiger partial charge is 0.293 e. The summed E-state index contributed by atoms with van der Waals surface area (Å²) in [6, 6.07) is 0.334. The quantitative estimate of drug-likeness (QED) is 0.825. The van der Waals surface area contributed by atoms with E-state index in [2.05, 4.69) is 17.2 Å². The minimum atomic E-state index is -0.0207. The zero-order chi connectivity index (χ0) is 11.5. The van der Waals surface area contributed by atoms with Gasteiger partial charge in [0.05, 0.1) is 0 Å². The van der Waals surface area contributed by atoms with E-state index in [1.54, 1.807) is 17.0 Å². The highest BCUT2D eigenvalue weighted by Crippen LogP contribution is 2.33. The van der Waals surface area contributed by atoms with Crippen LogP contribution in [0.25, 0.3) is 0 Å². The van der Waals surface area contributed by atoms with E-state index in [4.69, 9.17) is 0 Å². The fourth-order valence-corrected chi connectivity index (χ4v) is 1.94. The molecule has 1 fully saturated rings. The Morgan fingerprint density at radius 2 is 2.38 bits per heavy atom. The lowest BCUT2D eigenvalue weighted by atomic mass is 10.1. The molecule has 1 aromatic rings. The minimum Gasteiger partial charge on any atom is -0.363 e. The van der Waals surface area contributed by atoms with Gasteiger partial charge in [0.15, 0.2) is 5.82 Å². The summed E-state index contributed by atoms with van der Waals surface area (Å²) in [5, 5.41) is 3.21. The number of aryl methyl sites for hydroxylation is 1. The summed E-state index contributed by atoms with van der Waals surface area (Å²) >= 11 is 0. The first kappa shape index (κ1) is 11.2. The van der Waals surface area contributed by atoms with Crippen LogP contribution in [0.5, 0.6) is 0 Å². The maximum atomic E-state index is 11.9. The Labute approximate surface area is 95.7 Å². The Bertz CT molecular complexity index is 409. The van der Waals surface area contributed by atoms with Crippen molar-refractivity contribution in [3.63, 3.8) is 0 Å². The molecular formula is C12H19N3O. The van der Waals surface area contributed by atoms with Gasteiger partial charge >= 0.3 is 0 Å². The normalized spacial score (nSPS) is 17.1. The van der Waals surface area contributed by atoms with Gasteiger partial charge in [0.1, 0.15) is 0 Å². The Hall–Kier alpha value is -1.32. The fraction of sp³-hybridized carbons (Fsp3) is 0.667. The Morgan fingerprint density at radius 1 is 1.62 bits per heavy atom. The van der Waals surface area contributed by atoms with Crippen molar-refractivity contribution in [3.8, 4) is 0 Å². The fourth-order valence-electron chi connectivity index (χ4n) is 1.94. The van der Waals surface area contributed by atoms with Gasteiger partial charge in [-0.15, -0.1) is 0 Å². The van der Waals surface area contributed by atoms with E-state index in [-0.39, 0.29) is 5.56 Å². The van der Waals surface area contributed by atoms with Crippen LogP contribution in [-0.4, -0.2) is 15.6 Å². The molecule has 0 amide bonds. The third-order valence-electron chi connectivity index (χ3n) is 3.02. The average Bonchev–Trinajstić information content (AvgIpc) is 3.05. The van der Waals surface area contributed by atoms with Gasteiger partial charge in [-0.25, -0.2) is 4.98 Å².